The maximum atomic E-state index is 13.1. The molecule has 0 aliphatic carbocycles. The summed E-state index contributed by atoms with van der Waals surface area (Å²) in [4.78, 5) is 14.9. The molecule has 81 valence electrons. The van der Waals surface area contributed by atoms with Gasteiger partial charge in [0.25, 0.3) is 12.3 Å². The monoisotopic (exact) mass is 223 g/mol. The van der Waals surface area contributed by atoms with Gasteiger partial charge in [0.2, 0.25) is 0 Å². The van der Waals surface area contributed by atoms with Crippen LogP contribution < -0.4 is 5.32 Å². The van der Waals surface area contributed by atoms with Crippen LogP contribution in [0.15, 0.2) is 28.9 Å². The number of rotatable bonds is 2. The van der Waals surface area contributed by atoms with E-state index in [0.717, 1.165) is 18.4 Å². The van der Waals surface area contributed by atoms with Gasteiger partial charge in [-0.25, -0.2) is 8.78 Å². The van der Waals surface area contributed by atoms with E-state index >= 15 is 0 Å². The Labute approximate surface area is 88.9 Å². The summed E-state index contributed by atoms with van der Waals surface area (Å²) in [7, 11) is 0. The lowest BCUT2D eigenvalue weighted by atomic mass is 10.3. The first-order valence-electron chi connectivity index (χ1n) is 4.25. The van der Waals surface area contributed by atoms with Crippen molar-refractivity contribution in [1.29, 1.82) is 0 Å². The summed E-state index contributed by atoms with van der Waals surface area (Å²) in [5, 5.41) is 2.22. The first-order chi connectivity index (χ1) is 7.66. The lowest BCUT2D eigenvalue weighted by Gasteiger charge is -2.03. The molecule has 0 aliphatic rings. The Kier molecular flexibility index (Phi) is 2.63. The van der Waals surface area contributed by atoms with E-state index < -0.39 is 17.5 Å². The maximum absolute atomic E-state index is 13.1. The molecule has 0 atom stereocenters. The van der Waals surface area contributed by atoms with Crippen LogP contribution in [0.4, 0.5) is 14.5 Å². The van der Waals surface area contributed by atoms with Crippen molar-refractivity contribution in [3.8, 4) is 0 Å². The zero-order valence-electron chi connectivity index (χ0n) is 7.83. The second kappa shape index (κ2) is 4.09. The molecule has 1 heterocycles. The summed E-state index contributed by atoms with van der Waals surface area (Å²) >= 11 is 0. The SMILES string of the molecule is O=C(Nc1ccc(F)cc1F)c1co[c]n1. The summed E-state index contributed by atoms with van der Waals surface area (Å²) < 4.78 is 30.2. The van der Waals surface area contributed by atoms with Gasteiger partial charge in [0.05, 0.1) is 5.69 Å². The van der Waals surface area contributed by atoms with Crippen LogP contribution in [-0.2, 0) is 0 Å². The molecular weight excluding hydrogens is 218 g/mol. The molecule has 0 unspecified atom stereocenters. The van der Waals surface area contributed by atoms with Crippen molar-refractivity contribution >= 4 is 11.6 Å². The van der Waals surface area contributed by atoms with Crippen LogP contribution in [0.1, 0.15) is 10.5 Å². The van der Waals surface area contributed by atoms with Crippen molar-refractivity contribution in [3.63, 3.8) is 0 Å². The van der Waals surface area contributed by atoms with E-state index in [1.807, 2.05) is 0 Å². The van der Waals surface area contributed by atoms with Crippen molar-refractivity contribution in [2.75, 3.05) is 5.32 Å². The highest BCUT2D eigenvalue weighted by Crippen LogP contribution is 2.15. The number of benzene rings is 1. The van der Waals surface area contributed by atoms with Gasteiger partial charge in [-0.3, -0.25) is 4.79 Å². The maximum Gasteiger partial charge on any atom is 0.284 e. The Bertz CT molecular complexity index is 512. The summed E-state index contributed by atoms with van der Waals surface area (Å²) in [5.74, 6) is -2.23. The smallest absolute Gasteiger partial charge is 0.284 e. The summed E-state index contributed by atoms with van der Waals surface area (Å²) in [6, 6.07) is 2.82. The number of anilines is 1. The van der Waals surface area contributed by atoms with Crippen molar-refractivity contribution in [2.45, 2.75) is 0 Å². The molecule has 0 aliphatic heterocycles. The van der Waals surface area contributed by atoms with E-state index in [2.05, 4.69) is 21.1 Å². The van der Waals surface area contributed by atoms with Gasteiger partial charge in [-0.15, -0.1) is 0 Å². The molecule has 0 saturated carbocycles. The number of oxazole rings is 1. The van der Waals surface area contributed by atoms with Gasteiger partial charge >= 0.3 is 0 Å². The van der Waals surface area contributed by atoms with Crippen LogP contribution in [0.2, 0.25) is 0 Å². The minimum absolute atomic E-state index is 0.0382. The molecule has 4 nitrogen and oxygen atoms in total. The number of hydrogen-bond acceptors (Lipinski definition) is 3. The highest BCUT2D eigenvalue weighted by atomic mass is 19.1. The molecule has 0 bridgehead atoms. The first-order valence-corrected chi connectivity index (χ1v) is 4.25. The first kappa shape index (κ1) is 10.3. The summed E-state index contributed by atoms with van der Waals surface area (Å²) in [6.45, 7) is 0. The highest BCUT2D eigenvalue weighted by Gasteiger charge is 2.12. The molecule has 6 heteroatoms. The minimum Gasteiger partial charge on any atom is -0.440 e. The standard InChI is InChI=1S/C10H5F2N2O2/c11-6-1-2-8(7(12)3-6)14-10(15)9-4-16-5-13-9/h1-4H,(H,14,15). The van der Waals surface area contributed by atoms with Gasteiger partial charge in [-0.1, -0.05) is 0 Å². The van der Waals surface area contributed by atoms with Crippen LogP contribution in [-0.4, -0.2) is 10.9 Å². The minimum atomic E-state index is -0.860. The topological polar surface area (TPSA) is 55.1 Å². The largest absolute Gasteiger partial charge is 0.440 e. The van der Waals surface area contributed by atoms with Crippen molar-refractivity contribution in [2.24, 2.45) is 0 Å². The van der Waals surface area contributed by atoms with E-state index in [9.17, 15) is 13.6 Å². The highest BCUT2D eigenvalue weighted by molar-refractivity contribution is 6.02. The Morgan fingerprint density at radius 1 is 1.44 bits per heavy atom. The molecule has 2 rings (SSSR count). The molecule has 16 heavy (non-hydrogen) atoms. The third-order valence-corrected chi connectivity index (χ3v) is 1.80. The van der Waals surface area contributed by atoms with Gasteiger partial charge in [-0.05, 0) is 12.1 Å². The van der Waals surface area contributed by atoms with Crippen molar-refractivity contribution < 1.29 is 18.0 Å². The zero-order chi connectivity index (χ0) is 11.5. The fourth-order valence-electron chi connectivity index (χ4n) is 1.07. The fourth-order valence-corrected chi connectivity index (χ4v) is 1.07. The molecule has 0 spiro atoms. The van der Waals surface area contributed by atoms with E-state index in [1.54, 1.807) is 0 Å². The van der Waals surface area contributed by atoms with Gasteiger partial charge in [0.1, 0.15) is 17.9 Å². The van der Waals surface area contributed by atoms with Crippen LogP contribution in [0, 0.1) is 18.0 Å². The van der Waals surface area contributed by atoms with Crippen molar-refractivity contribution in [3.05, 3.63) is 48.2 Å². The quantitative estimate of drug-likeness (QED) is 0.847. The predicted molar refractivity (Wildman–Crippen MR) is 49.7 cm³/mol. The second-order valence-electron chi connectivity index (χ2n) is 2.90. The van der Waals surface area contributed by atoms with Gasteiger partial charge < -0.3 is 9.73 Å². The molecule has 1 aromatic heterocycles. The number of amides is 1. The Hall–Kier alpha value is -2.24. The number of nitrogens with one attached hydrogen (secondary N) is 1. The molecule has 1 aromatic carbocycles. The van der Waals surface area contributed by atoms with E-state index in [1.165, 1.54) is 0 Å². The average molecular weight is 223 g/mol. The average Bonchev–Trinajstić information content (AvgIpc) is 2.75. The van der Waals surface area contributed by atoms with Crippen LogP contribution in [0.5, 0.6) is 0 Å². The predicted octanol–water partition coefficient (Wildman–Crippen LogP) is 2.01. The van der Waals surface area contributed by atoms with Crippen LogP contribution in [0.3, 0.4) is 0 Å². The number of carbonyl (C=O) groups is 1. The molecule has 1 radical (unpaired) electrons. The number of halogens is 2. The van der Waals surface area contributed by atoms with Gasteiger partial charge in [0, 0.05) is 6.07 Å². The molecule has 2 aromatic rings. The Balaban J connectivity index is 2.18. The number of aromatic nitrogens is 1. The number of nitrogens with zero attached hydrogens (tertiary/aromatic N) is 1. The fraction of sp³-hybridized carbons (Fsp3) is 0. The molecule has 0 saturated heterocycles. The lowest BCUT2D eigenvalue weighted by Crippen LogP contribution is -2.13. The zero-order valence-corrected chi connectivity index (χ0v) is 7.83. The van der Waals surface area contributed by atoms with E-state index in [4.69, 9.17) is 0 Å². The van der Waals surface area contributed by atoms with E-state index in [-0.39, 0.29) is 11.4 Å². The summed E-state index contributed by atoms with van der Waals surface area (Å²) in [6.07, 6.45) is 3.15. The molecular formula is C10H5F2N2O2. The summed E-state index contributed by atoms with van der Waals surface area (Å²) in [5.41, 5.74) is -0.168. The normalized spacial score (nSPS) is 10.1. The van der Waals surface area contributed by atoms with E-state index in [0.29, 0.717) is 6.07 Å². The number of carbonyl (C=O) groups excluding carboxylic acids is 1. The number of hydrogen-bond donors (Lipinski definition) is 1. The third-order valence-electron chi connectivity index (χ3n) is 1.80. The Morgan fingerprint density at radius 3 is 2.88 bits per heavy atom. The second-order valence-corrected chi connectivity index (χ2v) is 2.90. The lowest BCUT2D eigenvalue weighted by molar-refractivity contribution is 0.102. The van der Waals surface area contributed by atoms with Crippen molar-refractivity contribution in [1.82, 2.24) is 4.98 Å². The molecule has 0 fully saturated rings. The third kappa shape index (κ3) is 2.05. The van der Waals surface area contributed by atoms with Crippen LogP contribution in [0.25, 0.3) is 0 Å². The Morgan fingerprint density at radius 2 is 2.25 bits per heavy atom. The van der Waals surface area contributed by atoms with Gasteiger partial charge in [0.15, 0.2) is 5.69 Å². The van der Waals surface area contributed by atoms with Crippen LogP contribution >= 0.6 is 0 Å². The molecule has 1 N–H and O–H groups in total. The van der Waals surface area contributed by atoms with Gasteiger partial charge in [-0.2, -0.15) is 4.98 Å². The molecule has 1 amide bonds.